The molecule has 1 N–H and O–H groups in total. The van der Waals surface area contributed by atoms with Gasteiger partial charge >= 0.3 is 0 Å². The van der Waals surface area contributed by atoms with Crippen LogP contribution in [0, 0.1) is 10.1 Å². The number of halogens is 2. The highest BCUT2D eigenvalue weighted by Gasteiger charge is 2.22. The van der Waals surface area contributed by atoms with E-state index in [1.165, 1.54) is 30.3 Å². The van der Waals surface area contributed by atoms with Crippen LogP contribution in [0.25, 0.3) is 0 Å². The number of anilines is 1. The van der Waals surface area contributed by atoms with E-state index in [2.05, 4.69) is 5.32 Å². The number of nitrogens with one attached hydrogen (secondary N) is 1. The Morgan fingerprint density at radius 1 is 1.03 bits per heavy atom. The molecular formula is C19H18Cl2N4O4. The largest absolute Gasteiger partial charge is 0.368 e. The summed E-state index contributed by atoms with van der Waals surface area (Å²) in [7, 11) is 0. The van der Waals surface area contributed by atoms with Crippen molar-refractivity contribution in [3.63, 3.8) is 0 Å². The molecule has 0 unspecified atom stereocenters. The lowest BCUT2D eigenvalue weighted by molar-refractivity contribution is -0.384. The number of nitro groups is 1. The number of nitro benzene ring substituents is 1. The molecule has 2 aromatic rings. The average Bonchev–Trinajstić information content (AvgIpc) is 2.74. The monoisotopic (exact) mass is 436 g/mol. The van der Waals surface area contributed by atoms with Gasteiger partial charge in [0.2, 0.25) is 5.91 Å². The van der Waals surface area contributed by atoms with Gasteiger partial charge in [0.25, 0.3) is 11.6 Å². The summed E-state index contributed by atoms with van der Waals surface area (Å²) < 4.78 is 0. The molecular weight excluding hydrogens is 419 g/mol. The Bertz CT molecular complexity index is 946. The quantitative estimate of drug-likeness (QED) is 0.573. The number of hydrogen-bond acceptors (Lipinski definition) is 5. The Morgan fingerprint density at radius 3 is 2.41 bits per heavy atom. The van der Waals surface area contributed by atoms with Crippen LogP contribution in [0.4, 0.5) is 11.4 Å². The molecule has 152 valence electrons. The third kappa shape index (κ3) is 5.16. The molecule has 1 aliphatic heterocycles. The van der Waals surface area contributed by atoms with Crippen LogP contribution in [0.1, 0.15) is 10.4 Å². The zero-order valence-corrected chi connectivity index (χ0v) is 16.8. The third-order valence-corrected chi connectivity index (χ3v) is 5.36. The van der Waals surface area contributed by atoms with E-state index in [9.17, 15) is 19.7 Å². The van der Waals surface area contributed by atoms with E-state index in [4.69, 9.17) is 23.2 Å². The van der Waals surface area contributed by atoms with Gasteiger partial charge in [0.05, 0.1) is 21.5 Å². The van der Waals surface area contributed by atoms with Gasteiger partial charge in [-0.1, -0.05) is 29.3 Å². The number of benzene rings is 2. The zero-order chi connectivity index (χ0) is 21.0. The molecule has 2 aromatic carbocycles. The number of carbonyl (C=O) groups is 2. The minimum atomic E-state index is -0.431. The molecule has 0 radical (unpaired) electrons. The minimum absolute atomic E-state index is 0.0334. The highest BCUT2D eigenvalue weighted by molar-refractivity contribution is 6.42. The van der Waals surface area contributed by atoms with Gasteiger partial charge in [-0.2, -0.15) is 0 Å². The van der Waals surface area contributed by atoms with Crippen molar-refractivity contribution in [1.29, 1.82) is 0 Å². The number of piperazine rings is 1. The predicted octanol–water partition coefficient (Wildman–Crippen LogP) is 2.98. The molecule has 10 heteroatoms. The summed E-state index contributed by atoms with van der Waals surface area (Å²) in [5, 5.41) is 14.1. The molecule has 0 atom stereocenters. The van der Waals surface area contributed by atoms with Gasteiger partial charge in [-0.15, -0.1) is 0 Å². The Morgan fingerprint density at radius 2 is 1.76 bits per heavy atom. The fourth-order valence-corrected chi connectivity index (χ4v) is 3.32. The lowest BCUT2D eigenvalue weighted by atomic mass is 10.2. The van der Waals surface area contributed by atoms with Gasteiger partial charge in [0, 0.05) is 49.6 Å². The van der Waals surface area contributed by atoms with Crippen molar-refractivity contribution in [1.82, 2.24) is 10.2 Å². The van der Waals surface area contributed by atoms with Crippen molar-refractivity contribution in [2.24, 2.45) is 0 Å². The van der Waals surface area contributed by atoms with Crippen LogP contribution in [0.2, 0.25) is 10.0 Å². The Labute approximate surface area is 177 Å². The van der Waals surface area contributed by atoms with Gasteiger partial charge in [0.1, 0.15) is 0 Å². The van der Waals surface area contributed by atoms with E-state index in [0.717, 1.165) is 5.69 Å². The number of hydrogen-bond donors (Lipinski definition) is 1. The van der Waals surface area contributed by atoms with E-state index in [1.54, 1.807) is 11.0 Å². The molecule has 1 aliphatic rings. The highest BCUT2D eigenvalue weighted by Crippen LogP contribution is 2.23. The Balaban J connectivity index is 1.51. The van der Waals surface area contributed by atoms with Crippen LogP contribution in [0.15, 0.2) is 42.5 Å². The lowest BCUT2D eigenvalue weighted by Crippen LogP contribution is -2.51. The summed E-state index contributed by atoms with van der Waals surface area (Å²) in [4.78, 5) is 38.7. The summed E-state index contributed by atoms with van der Waals surface area (Å²) in [6.07, 6.45) is 0. The maximum Gasteiger partial charge on any atom is 0.271 e. The van der Waals surface area contributed by atoms with Crippen molar-refractivity contribution in [3.05, 3.63) is 68.2 Å². The highest BCUT2D eigenvalue weighted by atomic mass is 35.5. The van der Waals surface area contributed by atoms with Gasteiger partial charge in [0.15, 0.2) is 0 Å². The van der Waals surface area contributed by atoms with Gasteiger partial charge < -0.3 is 15.1 Å². The summed E-state index contributed by atoms with van der Waals surface area (Å²) in [5.41, 5.74) is 1.10. The molecule has 0 aromatic heterocycles. The fourth-order valence-electron chi connectivity index (χ4n) is 3.02. The molecule has 0 spiro atoms. The van der Waals surface area contributed by atoms with Crippen molar-refractivity contribution in [2.45, 2.75) is 0 Å². The third-order valence-electron chi connectivity index (χ3n) is 4.62. The summed E-state index contributed by atoms with van der Waals surface area (Å²) in [5.74, 6) is -0.607. The predicted molar refractivity (Wildman–Crippen MR) is 111 cm³/mol. The Hall–Kier alpha value is -2.84. The first kappa shape index (κ1) is 20.9. The van der Waals surface area contributed by atoms with Crippen LogP contribution >= 0.6 is 23.2 Å². The fraction of sp³-hybridized carbons (Fsp3) is 0.263. The molecule has 3 rings (SSSR count). The second-order valence-electron chi connectivity index (χ2n) is 6.46. The van der Waals surface area contributed by atoms with Gasteiger partial charge in [-0.05, 0) is 24.3 Å². The molecule has 8 nitrogen and oxygen atoms in total. The molecule has 29 heavy (non-hydrogen) atoms. The first-order valence-corrected chi connectivity index (χ1v) is 9.61. The maximum absolute atomic E-state index is 12.4. The summed E-state index contributed by atoms with van der Waals surface area (Å²) in [6.45, 7) is 1.89. The van der Waals surface area contributed by atoms with E-state index < -0.39 is 10.8 Å². The number of nitrogens with zero attached hydrogens (tertiary/aromatic N) is 3. The van der Waals surface area contributed by atoms with Gasteiger partial charge in [-0.25, -0.2) is 0 Å². The summed E-state index contributed by atoms with van der Waals surface area (Å²) in [6, 6.07) is 10.9. The molecule has 2 amide bonds. The maximum atomic E-state index is 12.4. The molecule has 0 saturated carbocycles. The SMILES string of the molecule is O=C(NCC(=O)N1CCN(c2cccc([N+](=O)[O-])c2)CC1)c1ccc(Cl)c(Cl)c1. The normalized spacial score (nSPS) is 13.9. The smallest absolute Gasteiger partial charge is 0.271 e. The van der Waals surface area contributed by atoms with Crippen LogP contribution in [0.5, 0.6) is 0 Å². The molecule has 1 fully saturated rings. The van der Waals surface area contributed by atoms with Gasteiger partial charge in [-0.3, -0.25) is 19.7 Å². The van der Waals surface area contributed by atoms with E-state index >= 15 is 0 Å². The van der Waals surface area contributed by atoms with Crippen LogP contribution < -0.4 is 10.2 Å². The molecule has 1 heterocycles. The van der Waals surface area contributed by atoms with Crippen molar-refractivity contribution in [2.75, 3.05) is 37.6 Å². The molecule has 0 aliphatic carbocycles. The second kappa shape index (κ2) is 9.11. The number of carbonyl (C=O) groups excluding carboxylic acids is 2. The van der Waals surface area contributed by atoms with Crippen LogP contribution in [-0.2, 0) is 4.79 Å². The Kier molecular flexibility index (Phi) is 6.56. The minimum Gasteiger partial charge on any atom is -0.368 e. The van der Waals surface area contributed by atoms with Crippen LogP contribution in [-0.4, -0.2) is 54.4 Å². The number of rotatable bonds is 5. The van der Waals surface area contributed by atoms with Crippen molar-refractivity contribution in [3.8, 4) is 0 Å². The number of non-ortho nitro benzene ring substituents is 1. The van der Waals surface area contributed by atoms with E-state index in [1.807, 2.05) is 11.0 Å². The molecule has 0 bridgehead atoms. The van der Waals surface area contributed by atoms with Crippen molar-refractivity contribution >= 4 is 46.4 Å². The molecule has 1 saturated heterocycles. The lowest BCUT2D eigenvalue weighted by Gasteiger charge is -2.36. The van der Waals surface area contributed by atoms with E-state index in [-0.39, 0.29) is 23.2 Å². The van der Waals surface area contributed by atoms with E-state index in [0.29, 0.717) is 36.8 Å². The second-order valence-corrected chi connectivity index (χ2v) is 7.27. The average molecular weight is 437 g/mol. The number of amides is 2. The first-order valence-electron chi connectivity index (χ1n) is 8.85. The first-order chi connectivity index (χ1) is 13.8. The topological polar surface area (TPSA) is 95.8 Å². The summed E-state index contributed by atoms with van der Waals surface area (Å²) >= 11 is 11.7. The van der Waals surface area contributed by atoms with Crippen LogP contribution in [0.3, 0.4) is 0 Å². The van der Waals surface area contributed by atoms with Crippen molar-refractivity contribution < 1.29 is 14.5 Å². The zero-order valence-electron chi connectivity index (χ0n) is 15.3. The standard InChI is InChI=1S/C19H18Cl2N4O4/c20-16-5-4-13(10-17(16)21)19(27)22-12-18(26)24-8-6-23(7-9-24)14-2-1-3-15(11-14)25(28)29/h1-5,10-11H,6-9,12H2,(H,22,27).